The Morgan fingerprint density at radius 3 is 2.40 bits per heavy atom. The minimum Gasteiger partial charge on any atom is -0.389 e. The first-order valence-electron chi connectivity index (χ1n) is 5.64. The van der Waals surface area contributed by atoms with E-state index in [1.165, 1.54) is 0 Å². The van der Waals surface area contributed by atoms with Gasteiger partial charge in [0.25, 0.3) is 0 Å². The summed E-state index contributed by atoms with van der Waals surface area (Å²) in [6, 6.07) is 0.330. The number of ether oxygens (including phenoxy) is 2. The standard InChI is InChI=1S/C11H25NO3/c1-5-12(10(3)8-14-4)7-11(13)9-15-6-2/h10-11,13H,5-9H2,1-4H3. The van der Waals surface area contributed by atoms with Gasteiger partial charge in [-0.1, -0.05) is 6.92 Å². The molecule has 0 rings (SSSR count). The van der Waals surface area contributed by atoms with Gasteiger partial charge in [0.05, 0.1) is 19.3 Å². The lowest BCUT2D eigenvalue weighted by Crippen LogP contribution is -2.42. The molecule has 0 heterocycles. The number of hydrogen-bond acceptors (Lipinski definition) is 4. The number of aliphatic hydroxyl groups excluding tert-OH is 1. The summed E-state index contributed by atoms with van der Waals surface area (Å²) in [5.41, 5.74) is 0. The normalized spacial score (nSPS) is 15.6. The fraction of sp³-hybridized carbons (Fsp3) is 1.00. The molecular weight excluding hydrogens is 194 g/mol. The maximum absolute atomic E-state index is 9.69. The van der Waals surface area contributed by atoms with Crippen molar-refractivity contribution < 1.29 is 14.6 Å². The van der Waals surface area contributed by atoms with E-state index in [-0.39, 0.29) is 0 Å². The van der Waals surface area contributed by atoms with Crippen molar-refractivity contribution in [2.24, 2.45) is 0 Å². The second-order valence-electron chi connectivity index (χ2n) is 3.71. The fourth-order valence-corrected chi connectivity index (χ4v) is 1.54. The average molecular weight is 219 g/mol. The van der Waals surface area contributed by atoms with Gasteiger partial charge in [0.15, 0.2) is 0 Å². The monoisotopic (exact) mass is 219 g/mol. The molecule has 2 atom stereocenters. The van der Waals surface area contributed by atoms with E-state index >= 15 is 0 Å². The molecule has 0 saturated heterocycles. The summed E-state index contributed by atoms with van der Waals surface area (Å²) in [7, 11) is 1.70. The predicted molar refractivity (Wildman–Crippen MR) is 61.1 cm³/mol. The molecule has 0 radical (unpaired) electrons. The largest absolute Gasteiger partial charge is 0.389 e. The first kappa shape index (κ1) is 14.8. The quantitative estimate of drug-likeness (QED) is 0.621. The van der Waals surface area contributed by atoms with Crippen LogP contribution in [0.25, 0.3) is 0 Å². The van der Waals surface area contributed by atoms with Gasteiger partial charge in [-0.25, -0.2) is 0 Å². The number of likely N-dealkylation sites (N-methyl/N-ethyl adjacent to an activating group) is 1. The third kappa shape index (κ3) is 6.84. The van der Waals surface area contributed by atoms with E-state index in [1.807, 2.05) is 6.92 Å². The highest BCUT2D eigenvalue weighted by molar-refractivity contribution is 4.69. The lowest BCUT2D eigenvalue weighted by molar-refractivity contribution is 0.00588. The van der Waals surface area contributed by atoms with Crippen LogP contribution in [0, 0.1) is 0 Å². The molecule has 0 amide bonds. The van der Waals surface area contributed by atoms with Crippen LogP contribution in [0.4, 0.5) is 0 Å². The zero-order valence-electron chi connectivity index (χ0n) is 10.4. The van der Waals surface area contributed by atoms with E-state index in [9.17, 15) is 5.11 Å². The third-order valence-electron chi connectivity index (χ3n) is 2.40. The predicted octanol–water partition coefficient (Wildman–Crippen LogP) is 0.741. The molecule has 0 aliphatic rings. The average Bonchev–Trinajstić information content (AvgIpc) is 2.23. The maximum Gasteiger partial charge on any atom is 0.0900 e. The van der Waals surface area contributed by atoms with Gasteiger partial charge >= 0.3 is 0 Å². The van der Waals surface area contributed by atoms with Crippen LogP contribution >= 0.6 is 0 Å². The van der Waals surface area contributed by atoms with Crippen molar-refractivity contribution in [3.05, 3.63) is 0 Å². The Kier molecular flexibility index (Phi) is 9.00. The summed E-state index contributed by atoms with van der Waals surface area (Å²) in [6.07, 6.45) is -0.413. The zero-order valence-corrected chi connectivity index (χ0v) is 10.4. The van der Waals surface area contributed by atoms with Crippen LogP contribution < -0.4 is 0 Å². The molecule has 4 nitrogen and oxygen atoms in total. The number of rotatable bonds is 9. The van der Waals surface area contributed by atoms with Crippen molar-refractivity contribution in [2.45, 2.75) is 32.9 Å². The first-order valence-corrected chi connectivity index (χ1v) is 5.64. The molecule has 0 aliphatic carbocycles. The lowest BCUT2D eigenvalue weighted by atomic mass is 10.2. The van der Waals surface area contributed by atoms with Crippen LogP contribution in [0.2, 0.25) is 0 Å². The highest BCUT2D eigenvalue weighted by Gasteiger charge is 2.15. The van der Waals surface area contributed by atoms with Gasteiger partial charge in [0, 0.05) is 26.3 Å². The molecule has 92 valence electrons. The summed E-state index contributed by atoms with van der Waals surface area (Å²) < 4.78 is 10.3. The van der Waals surface area contributed by atoms with Crippen LogP contribution in [0.1, 0.15) is 20.8 Å². The number of nitrogens with zero attached hydrogens (tertiary/aromatic N) is 1. The van der Waals surface area contributed by atoms with Crippen LogP contribution in [-0.2, 0) is 9.47 Å². The Balaban J connectivity index is 3.85. The molecule has 0 bridgehead atoms. The van der Waals surface area contributed by atoms with Crippen molar-refractivity contribution in [2.75, 3.05) is 40.0 Å². The molecular formula is C11H25NO3. The van der Waals surface area contributed by atoms with Crippen LogP contribution in [0.15, 0.2) is 0 Å². The van der Waals surface area contributed by atoms with Gasteiger partial charge in [-0.05, 0) is 20.4 Å². The molecule has 0 aliphatic heterocycles. The van der Waals surface area contributed by atoms with E-state index in [0.717, 1.165) is 6.54 Å². The Labute approximate surface area is 93.2 Å². The lowest BCUT2D eigenvalue weighted by Gasteiger charge is -2.29. The third-order valence-corrected chi connectivity index (χ3v) is 2.40. The molecule has 0 saturated carbocycles. The van der Waals surface area contributed by atoms with Gasteiger partial charge in [-0.2, -0.15) is 0 Å². The van der Waals surface area contributed by atoms with Crippen molar-refractivity contribution in [3.63, 3.8) is 0 Å². The summed E-state index contributed by atoms with van der Waals surface area (Å²) in [4.78, 5) is 2.19. The number of aliphatic hydroxyl groups is 1. The Morgan fingerprint density at radius 2 is 1.93 bits per heavy atom. The SMILES string of the molecule is CCOCC(O)CN(CC)C(C)COC. The van der Waals surface area contributed by atoms with Gasteiger partial charge in [0.1, 0.15) is 0 Å². The number of hydrogen-bond donors (Lipinski definition) is 1. The maximum atomic E-state index is 9.69. The summed E-state index contributed by atoms with van der Waals surface area (Å²) in [5, 5.41) is 9.69. The van der Waals surface area contributed by atoms with Crippen LogP contribution in [0.5, 0.6) is 0 Å². The van der Waals surface area contributed by atoms with Crippen molar-refractivity contribution >= 4 is 0 Å². The van der Waals surface area contributed by atoms with E-state index < -0.39 is 6.10 Å². The van der Waals surface area contributed by atoms with Gasteiger partial charge in [0.2, 0.25) is 0 Å². The van der Waals surface area contributed by atoms with Crippen LogP contribution in [0.3, 0.4) is 0 Å². The van der Waals surface area contributed by atoms with Gasteiger partial charge in [-0.15, -0.1) is 0 Å². The number of methoxy groups -OCH3 is 1. The molecule has 0 aromatic carbocycles. The van der Waals surface area contributed by atoms with Crippen LogP contribution in [-0.4, -0.2) is 62.2 Å². The highest BCUT2D eigenvalue weighted by Crippen LogP contribution is 2.01. The topological polar surface area (TPSA) is 41.9 Å². The highest BCUT2D eigenvalue weighted by atomic mass is 16.5. The van der Waals surface area contributed by atoms with E-state index in [4.69, 9.17) is 9.47 Å². The molecule has 0 aromatic rings. The minimum atomic E-state index is -0.413. The van der Waals surface area contributed by atoms with Crippen molar-refractivity contribution in [1.82, 2.24) is 4.90 Å². The molecule has 15 heavy (non-hydrogen) atoms. The molecule has 0 fully saturated rings. The second-order valence-corrected chi connectivity index (χ2v) is 3.71. The second kappa shape index (κ2) is 9.09. The smallest absolute Gasteiger partial charge is 0.0900 e. The van der Waals surface area contributed by atoms with Gasteiger partial charge < -0.3 is 14.6 Å². The summed E-state index contributed by atoms with van der Waals surface area (Å²) in [5.74, 6) is 0. The molecule has 0 aromatic heterocycles. The minimum absolute atomic E-state index is 0.330. The van der Waals surface area contributed by atoms with E-state index in [0.29, 0.717) is 32.4 Å². The first-order chi connectivity index (χ1) is 7.15. The Morgan fingerprint density at radius 1 is 1.27 bits per heavy atom. The van der Waals surface area contributed by atoms with Crippen molar-refractivity contribution in [3.8, 4) is 0 Å². The zero-order chi connectivity index (χ0) is 11.7. The summed E-state index contributed by atoms with van der Waals surface area (Å²) >= 11 is 0. The molecule has 0 spiro atoms. The molecule has 4 heteroatoms. The van der Waals surface area contributed by atoms with Gasteiger partial charge in [-0.3, -0.25) is 4.90 Å². The van der Waals surface area contributed by atoms with Crippen molar-refractivity contribution in [1.29, 1.82) is 0 Å². The molecule has 1 N–H and O–H groups in total. The Bertz CT molecular complexity index is 144. The van der Waals surface area contributed by atoms with E-state index in [2.05, 4.69) is 18.7 Å². The fourth-order valence-electron chi connectivity index (χ4n) is 1.54. The molecule has 2 unspecified atom stereocenters. The summed E-state index contributed by atoms with van der Waals surface area (Å²) in [6.45, 7) is 9.41. The Hall–Kier alpha value is -0.160. The van der Waals surface area contributed by atoms with E-state index in [1.54, 1.807) is 7.11 Å².